The number of phenols is 1. The van der Waals surface area contributed by atoms with Crippen molar-refractivity contribution in [1.82, 2.24) is 0 Å². The molecule has 0 fully saturated rings. The monoisotopic (exact) mass is 300 g/mol. The normalized spacial score (nSPS) is 12.3. The lowest BCUT2D eigenvalue weighted by atomic mass is 9.98. The number of carbonyl (C=O) groups is 2. The molecule has 1 N–H and O–H groups in total. The van der Waals surface area contributed by atoms with Crippen molar-refractivity contribution in [3.63, 3.8) is 0 Å². The molecule has 1 aromatic rings. The number of carbonyl (C=O) groups excluding carboxylic acids is 2. The third kappa shape index (κ3) is 3.09. The van der Waals surface area contributed by atoms with Crippen molar-refractivity contribution in [3.8, 4) is 5.75 Å². The first-order valence-corrected chi connectivity index (χ1v) is 4.92. The maximum atomic E-state index is 12.2. The molecule has 0 bridgehead atoms. The average molecular weight is 300 g/mol. The number of aryl methyl sites for hydroxylation is 1. The second-order valence-electron chi connectivity index (χ2n) is 3.86. The van der Waals surface area contributed by atoms with Crippen molar-refractivity contribution in [2.45, 2.75) is 19.3 Å². The van der Waals surface area contributed by atoms with Crippen molar-refractivity contribution < 1.29 is 41.0 Å². The van der Waals surface area contributed by atoms with Crippen LogP contribution in [-0.4, -0.2) is 29.0 Å². The predicted molar refractivity (Wildman–Crippen MR) is 53.6 cm³/mol. The van der Waals surface area contributed by atoms with Crippen LogP contribution >= 0.6 is 0 Å². The van der Waals surface area contributed by atoms with Gasteiger partial charge in [-0.3, -0.25) is 9.59 Å². The molecule has 0 aliphatic rings. The van der Waals surface area contributed by atoms with Gasteiger partial charge < -0.3 is 5.11 Å². The van der Waals surface area contributed by atoms with Gasteiger partial charge in [0.25, 0.3) is 11.6 Å². The zero-order chi connectivity index (χ0) is 15.9. The summed E-state index contributed by atoms with van der Waals surface area (Å²) >= 11 is 0. The van der Waals surface area contributed by atoms with Crippen LogP contribution < -0.4 is 0 Å². The van der Waals surface area contributed by atoms with E-state index in [2.05, 4.69) is 0 Å². The first-order chi connectivity index (χ1) is 8.85. The Kier molecular flexibility index (Phi) is 3.84. The lowest BCUT2D eigenvalue weighted by Crippen LogP contribution is -2.26. The molecule has 0 heterocycles. The molecule has 3 nitrogen and oxygen atoms in total. The molecule has 0 aromatic heterocycles. The molecule has 20 heavy (non-hydrogen) atoms. The number of Topliss-reactive ketones (excluding diaryl/α,β-unsaturated/α-hetero) is 2. The summed E-state index contributed by atoms with van der Waals surface area (Å²) in [5.74, 6) is -6.70. The van der Waals surface area contributed by atoms with Crippen LogP contribution in [0.25, 0.3) is 0 Å². The van der Waals surface area contributed by atoms with Crippen LogP contribution in [0.2, 0.25) is 0 Å². The summed E-state index contributed by atoms with van der Waals surface area (Å²) in [5, 5.41) is 9.34. The Morgan fingerprint density at radius 1 is 0.900 bits per heavy atom. The Bertz CT molecular complexity index is 523. The number of rotatable bonds is 2. The van der Waals surface area contributed by atoms with Gasteiger partial charge in [-0.2, -0.15) is 26.3 Å². The largest absolute Gasteiger partial charge is 0.506 e. The third-order valence-corrected chi connectivity index (χ3v) is 2.26. The van der Waals surface area contributed by atoms with Crippen molar-refractivity contribution in [2.24, 2.45) is 0 Å². The minimum atomic E-state index is -5.39. The van der Waals surface area contributed by atoms with E-state index in [0.717, 1.165) is 6.92 Å². The van der Waals surface area contributed by atoms with E-state index < -0.39 is 40.8 Å². The van der Waals surface area contributed by atoms with Gasteiger partial charge in [-0.15, -0.1) is 0 Å². The predicted octanol–water partition coefficient (Wildman–Crippen LogP) is 3.19. The molecular formula is C11H6F6O3. The highest BCUT2D eigenvalue weighted by molar-refractivity contribution is 6.09. The quantitative estimate of drug-likeness (QED) is 0.674. The van der Waals surface area contributed by atoms with Crippen molar-refractivity contribution in [3.05, 3.63) is 28.8 Å². The van der Waals surface area contributed by atoms with E-state index in [1.54, 1.807) is 0 Å². The molecule has 0 aliphatic heterocycles. The van der Waals surface area contributed by atoms with E-state index >= 15 is 0 Å². The SMILES string of the molecule is Cc1cc(C(=O)C(F)(F)F)c(O)c(C(=O)C(F)(F)F)c1. The van der Waals surface area contributed by atoms with Gasteiger partial charge in [-0.25, -0.2) is 0 Å². The maximum absolute atomic E-state index is 12.2. The molecule has 0 atom stereocenters. The van der Waals surface area contributed by atoms with Crippen LogP contribution in [0.1, 0.15) is 26.3 Å². The van der Waals surface area contributed by atoms with Crippen molar-refractivity contribution >= 4 is 11.6 Å². The van der Waals surface area contributed by atoms with Gasteiger partial charge in [-0.05, 0) is 24.6 Å². The summed E-state index contributed by atoms with van der Waals surface area (Å²) in [5.41, 5.74) is -3.00. The number of hydrogen-bond donors (Lipinski definition) is 1. The lowest BCUT2D eigenvalue weighted by molar-refractivity contribution is -0.0890. The molecule has 1 rings (SSSR count). The first-order valence-electron chi connectivity index (χ1n) is 4.92. The minimum absolute atomic E-state index is 0.206. The summed E-state index contributed by atoms with van der Waals surface area (Å²) in [6.45, 7) is 1.08. The summed E-state index contributed by atoms with van der Waals surface area (Å²) in [4.78, 5) is 22.0. The van der Waals surface area contributed by atoms with Gasteiger partial charge in [-0.1, -0.05) is 0 Å². The van der Waals surface area contributed by atoms with Gasteiger partial charge in [0.05, 0.1) is 11.1 Å². The Labute approximate surface area is 107 Å². The fourth-order valence-electron chi connectivity index (χ4n) is 1.43. The summed E-state index contributed by atoms with van der Waals surface area (Å²) in [6.07, 6.45) is -10.8. The average Bonchev–Trinajstić information content (AvgIpc) is 2.27. The van der Waals surface area contributed by atoms with Gasteiger partial charge in [0.2, 0.25) is 0 Å². The number of alkyl halides is 6. The number of benzene rings is 1. The summed E-state index contributed by atoms with van der Waals surface area (Å²) in [6, 6.07) is 1.11. The van der Waals surface area contributed by atoms with Crippen LogP contribution in [0, 0.1) is 6.92 Å². The lowest BCUT2D eigenvalue weighted by Gasteiger charge is -2.12. The second kappa shape index (κ2) is 4.80. The Balaban J connectivity index is 3.50. The maximum Gasteiger partial charge on any atom is 0.455 e. The number of ketones is 2. The van der Waals surface area contributed by atoms with Crippen LogP contribution in [0.15, 0.2) is 12.1 Å². The molecular weight excluding hydrogens is 294 g/mol. The highest BCUT2D eigenvalue weighted by Gasteiger charge is 2.44. The van der Waals surface area contributed by atoms with Crippen LogP contribution in [0.3, 0.4) is 0 Å². The second-order valence-corrected chi connectivity index (χ2v) is 3.86. The van der Waals surface area contributed by atoms with E-state index in [4.69, 9.17) is 0 Å². The molecule has 0 saturated carbocycles. The molecule has 0 unspecified atom stereocenters. The topological polar surface area (TPSA) is 54.4 Å². The van der Waals surface area contributed by atoms with Crippen molar-refractivity contribution in [1.29, 1.82) is 0 Å². The van der Waals surface area contributed by atoms with E-state index in [0.29, 0.717) is 12.1 Å². The summed E-state index contributed by atoms with van der Waals surface area (Å²) < 4.78 is 73.5. The highest BCUT2D eigenvalue weighted by atomic mass is 19.4. The third-order valence-electron chi connectivity index (χ3n) is 2.26. The number of hydrogen-bond acceptors (Lipinski definition) is 3. The zero-order valence-corrected chi connectivity index (χ0v) is 9.69. The molecule has 1 aromatic carbocycles. The van der Waals surface area contributed by atoms with Gasteiger partial charge in [0.1, 0.15) is 5.75 Å². The van der Waals surface area contributed by atoms with E-state index in [-0.39, 0.29) is 5.56 Å². The standard InChI is InChI=1S/C11H6F6O3/c1-4-2-5(8(19)10(12,13)14)7(18)6(3-4)9(20)11(15,16)17/h2-3,18H,1H3. The molecule has 110 valence electrons. The summed E-state index contributed by atoms with van der Waals surface area (Å²) in [7, 11) is 0. The molecule has 9 heteroatoms. The Hall–Kier alpha value is -2.06. The van der Waals surface area contributed by atoms with Crippen LogP contribution in [0.4, 0.5) is 26.3 Å². The van der Waals surface area contributed by atoms with E-state index in [1.807, 2.05) is 0 Å². The van der Waals surface area contributed by atoms with E-state index in [9.17, 15) is 41.0 Å². The minimum Gasteiger partial charge on any atom is -0.506 e. The van der Waals surface area contributed by atoms with Crippen LogP contribution in [0.5, 0.6) is 5.75 Å². The number of aromatic hydroxyl groups is 1. The Morgan fingerprint density at radius 3 is 1.45 bits per heavy atom. The highest BCUT2D eigenvalue weighted by Crippen LogP contribution is 2.34. The molecule has 0 radical (unpaired) electrons. The van der Waals surface area contributed by atoms with E-state index in [1.165, 1.54) is 0 Å². The van der Waals surface area contributed by atoms with Gasteiger partial charge in [0.15, 0.2) is 0 Å². The number of phenolic OH excluding ortho intramolecular Hbond substituents is 1. The van der Waals surface area contributed by atoms with Crippen molar-refractivity contribution in [2.75, 3.05) is 0 Å². The van der Waals surface area contributed by atoms with Gasteiger partial charge in [0, 0.05) is 0 Å². The zero-order valence-electron chi connectivity index (χ0n) is 9.69. The fourth-order valence-corrected chi connectivity index (χ4v) is 1.43. The van der Waals surface area contributed by atoms with Gasteiger partial charge >= 0.3 is 12.4 Å². The molecule has 0 amide bonds. The molecule has 0 saturated heterocycles. The molecule has 0 spiro atoms. The fraction of sp³-hybridized carbons (Fsp3) is 0.273. The Morgan fingerprint density at radius 2 is 1.20 bits per heavy atom. The first kappa shape index (κ1) is 16.0. The smallest absolute Gasteiger partial charge is 0.455 e. The van der Waals surface area contributed by atoms with Crippen LogP contribution in [-0.2, 0) is 0 Å². The molecule has 0 aliphatic carbocycles. The number of halogens is 6.